The standard InChI is InChI=1S/C19H18FNO6/c1-25-15-8-13(9-16-18(15)27-7-6-26-16)19(24)21(11-17(22)23)10-12-2-4-14(20)5-3-12/h2-5,8-9H,6-7,10-11H2,1H3,(H,22,23). The molecule has 0 bridgehead atoms. The maximum Gasteiger partial charge on any atom is 0.323 e. The van der Waals surface area contributed by atoms with E-state index in [-0.39, 0.29) is 12.1 Å². The summed E-state index contributed by atoms with van der Waals surface area (Å²) in [5.41, 5.74) is 0.815. The first kappa shape index (κ1) is 18.5. The Hall–Kier alpha value is -3.29. The van der Waals surface area contributed by atoms with Crippen molar-refractivity contribution in [2.45, 2.75) is 6.54 Å². The van der Waals surface area contributed by atoms with Crippen LogP contribution in [0.2, 0.25) is 0 Å². The molecule has 0 saturated heterocycles. The van der Waals surface area contributed by atoms with Gasteiger partial charge in [-0.2, -0.15) is 0 Å². The van der Waals surface area contributed by atoms with Crippen LogP contribution in [0.1, 0.15) is 15.9 Å². The molecule has 2 aromatic rings. The summed E-state index contributed by atoms with van der Waals surface area (Å²) >= 11 is 0. The lowest BCUT2D eigenvalue weighted by atomic mass is 10.1. The maximum absolute atomic E-state index is 13.1. The van der Waals surface area contributed by atoms with Gasteiger partial charge in [-0.1, -0.05) is 12.1 Å². The molecule has 2 aromatic carbocycles. The van der Waals surface area contributed by atoms with Gasteiger partial charge in [0, 0.05) is 12.1 Å². The summed E-state index contributed by atoms with van der Waals surface area (Å²) in [7, 11) is 1.44. The van der Waals surface area contributed by atoms with Crippen LogP contribution in [0.25, 0.3) is 0 Å². The fourth-order valence-corrected chi connectivity index (χ4v) is 2.75. The minimum atomic E-state index is -1.16. The predicted octanol–water partition coefficient (Wildman–Crippen LogP) is 2.33. The molecule has 27 heavy (non-hydrogen) atoms. The molecule has 7 nitrogen and oxygen atoms in total. The number of fused-ring (bicyclic) bond motifs is 1. The lowest BCUT2D eigenvalue weighted by Crippen LogP contribution is -2.35. The minimum absolute atomic E-state index is 0.0160. The molecule has 8 heteroatoms. The third-order valence-corrected chi connectivity index (χ3v) is 3.97. The smallest absolute Gasteiger partial charge is 0.323 e. The van der Waals surface area contributed by atoms with Crippen molar-refractivity contribution >= 4 is 11.9 Å². The topological polar surface area (TPSA) is 85.3 Å². The highest BCUT2D eigenvalue weighted by atomic mass is 19.1. The highest BCUT2D eigenvalue weighted by Gasteiger charge is 2.25. The van der Waals surface area contributed by atoms with Crippen molar-refractivity contribution in [2.75, 3.05) is 26.9 Å². The van der Waals surface area contributed by atoms with Gasteiger partial charge in [-0.05, 0) is 29.8 Å². The number of rotatable bonds is 6. The Morgan fingerprint density at radius 1 is 1.19 bits per heavy atom. The largest absolute Gasteiger partial charge is 0.493 e. The number of hydrogen-bond donors (Lipinski definition) is 1. The number of carbonyl (C=O) groups excluding carboxylic acids is 1. The third-order valence-electron chi connectivity index (χ3n) is 3.97. The number of ether oxygens (including phenoxy) is 3. The number of aliphatic carboxylic acids is 1. The monoisotopic (exact) mass is 375 g/mol. The van der Waals surface area contributed by atoms with Gasteiger partial charge in [-0.15, -0.1) is 0 Å². The van der Waals surface area contributed by atoms with E-state index < -0.39 is 24.2 Å². The van der Waals surface area contributed by atoms with Gasteiger partial charge < -0.3 is 24.2 Å². The molecule has 0 aromatic heterocycles. The summed E-state index contributed by atoms with van der Waals surface area (Å²) in [4.78, 5) is 25.3. The molecule has 1 aliphatic rings. The Morgan fingerprint density at radius 3 is 2.56 bits per heavy atom. The van der Waals surface area contributed by atoms with E-state index in [9.17, 15) is 19.1 Å². The van der Waals surface area contributed by atoms with E-state index in [2.05, 4.69) is 0 Å². The number of halogens is 1. The Bertz CT molecular complexity index is 835. The van der Waals surface area contributed by atoms with Crippen molar-refractivity contribution in [1.29, 1.82) is 0 Å². The molecule has 1 amide bonds. The highest BCUT2D eigenvalue weighted by molar-refractivity contribution is 5.97. The molecular weight excluding hydrogens is 357 g/mol. The van der Waals surface area contributed by atoms with E-state index in [1.165, 1.54) is 43.5 Å². The molecule has 1 heterocycles. The lowest BCUT2D eigenvalue weighted by Gasteiger charge is -2.24. The van der Waals surface area contributed by atoms with Gasteiger partial charge in [0.05, 0.1) is 7.11 Å². The van der Waals surface area contributed by atoms with E-state index in [4.69, 9.17) is 14.2 Å². The van der Waals surface area contributed by atoms with Crippen LogP contribution >= 0.6 is 0 Å². The van der Waals surface area contributed by atoms with Crippen molar-refractivity contribution in [1.82, 2.24) is 4.90 Å². The van der Waals surface area contributed by atoms with Crippen molar-refractivity contribution in [3.05, 3.63) is 53.3 Å². The molecule has 0 radical (unpaired) electrons. The molecule has 1 N–H and O–H groups in total. The van der Waals surface area contributed by atoms with Crippen LogP contribution in [0.5, 0.6) is 17.2 Å². The SMILES string of the molecule is COc1cc(C(=O)N(CC(=O)O)Cc2ccc(F)cc2)cc2c1OCCO2. The molecule has 0 saturated carbocycles. The first-order chi connectivity index (χ1) is 13.0. The van der Waals surface area contributed by atoms with Crippen molar-refractivity contribution in [3.63, 3.8) is 0 Å². The number of amides is 1. The molecule has 0 atom stereocenters. The van der Waals surface area contributed by atoms with Crippen LogP contribution in [0, 0.1) is 5.82 Å². The third kappa shape index (κ3) is 4.28. The number of nitrogens with zero attached hydrogens (tertiary/aromatic N) is 1. The molecule has 0 aliphatic carbocycles. The van der Waals surface area contributed by atoms with Crippen LogP contribution in [-0.4, -0.2) is 48.8 Å². The van der Waals surface area contributed by atoms with Crippen molar-refractivity contribution in [3.8, 4) is 17.2 Å². The second-order valence-electron chi connectivity index (χ2n) is 5.88. The quantitative estimate of drug-likeness (QED) is 0.834. The second kappa shape index (κ2) is 7.94. The van der Waals surface area contributed by atoms with E-state index in [0.717, 1.165) is 4.90 Å². The Labute approximate surface area is 154 Å². The Balaban J connectivity index is 1.91. The fraction of sp³-hybridized carbons (Fsp3) is 0.263. The van der Waals surface area contributed by atoms with E-state index >= 15 is 0 Å². The highest BCUT2D eigenvalue weighted by Crippen LogP contribution is 2.40. The summed E-state index contributed by atoms with van der Waals surface area (Å²) in [6, 6.07) is 8.50. The van der Waals surface area contributed by atoms with Gasteiger partial charge in [0.25, 0.3) is 5.91 Å². The first-order valence-corrected chi connectivity index (χ1v) is 8.21. The molecule has 0 unspecified atom stereocenters. The summed E-state index contributed by atoms with van der Waals surface area (Å²) in [5, 5.41) is 9.17. The van der Waals surface area contributed by atoms with Crippen LogP contribution in [0.15, 0.2) is 36.4 Å². The summed E-state index contributed by atoms with van der Waals surface area (Å²) in [6.45, 7) is 0.212. The number of methoxy groups -OCH3 is 1. The predicted molar refractivity (Wildman–Crippen MR) is 92.8 cm³/mol. The fourth-order valence-electron chi connectivity index (χ4n) is 2.75. The number of carboxylic acids is 1. The Kier molecular flexibility index (Phi) is 5.44. The maximum atomic E-state index is 13.1. The zero-order chi connectivity index (χ0) is 19.4. The van der Waals surface area contributed by atoms with Crippen molar-refractivity contribution in [2.24, 2.45) is 0 Å². The summed E-state index contributed by atoms with van der Waals surface area (Å²) in [6.07, 6.45) is 0. The van der Waals surface area contributed by atoms with E-state index in [1.54, 1.807) is 0 Å². The van der Waals surface area contributed by atoms with Gasteiger partial charge in [0.2, 0.25) is 5.75 Å². The molecular formula is C19H18FNO6. The normalized spacial score (nSPS) is 12.4. The van der Waals surface area contributed by atoms with Gasteiger partial charge >= 0.3 is 5.97 Å². The van der Waals surface area contributed by atoms with Crippen LogP contribution in [0.3, 0.4) is 0 Å². The van der Waals surface area contributed by atoms with Crippen LogP contribution < -0.4 is 14.2 Å². The minimum Gasteiger partial charge on any atom is -0.493 e. The summed E-state index contributed by atoms with van der Waals surface area (Å²) < 4.78 is 29.4. The number of benzene rings is 2. The summed E-state index contributed by atoms with van der Waals surface area (Å²) in [5.74, 6) is -0.990. The van der Waals surface area contributed by atoms with Gasteiger partial charge in [-0.3, -0.25) is 9.59 Å². The van der Waals surface area contributed by atoms with E-state index in [1.807, 2.05) is 0 Å². The Morgan fingerprint density at radius 2 is 1.89 bits per heavy atom. The second-order valence-corrected chi connectivity index (χ2v) is 5.88. The number of carboxylic acid groups (broad SMARTS) is 1. The van der Waals surface area contributed by atoms with Gasteiger partial charge in [0.15, 0.2) is 11.5 Å². The number of hydrogen-bond acceptors (Lipinski definition) is 5. The molecule has 0 spiro atoms. The van der Waals surface area contributed by atoms with E-state index in [0.29, 0.717) is 36.0 Å². The average Bonchev–Trinajstić information content (AvgIpc) is 2.67. The van der Waals surface area contributed by atoms with Gasteiger partial charge in [0.1, 0.15) is 25.6 Å². The molecule has 0 fully saturated rings. The van der Waals surface area contributed by atoms with Crippen LogP contribution in [0.4, 0.5) is 4.39 Å². The molecule has 3 rings (SSSR count). The zero-order valence-corrected chi connectivity index (χ0v) is 14.6. The number of carbonyl (C=O) groups is 2. The average molecular weight is 375 g/mol. The van der Waals surface area contributed by atoms with Crippen molar-refractivity contribution < 1.29 is 33.3 Å². The first-order valence-electron chi connectivity index (χ1n) is 8.21. The molecule has 1 aliphatic heterocycles. The van der Waals surface area contributed by atoms with Gasteiger partial charge in [-0.25, -0.2) is 4.39 Å². The molecule has 142 valence electrons. The zero-order valence-electron chi connectivity index (χ0n) is 14.6. The van der Waals surface area contributed by atoms with Crippen LogP contribution in [-0.2, 0) is 11.3 Å². The lowest BCUT2D eigenvalue weighted by molar-refractivity contribution is -0.137.